The van der Waals surface area contributed by atoms with E-state index in [1.165, 1.54) is 0 Å². The SMILES string of the molecule is CC(O)CN(C)C(=O)[C@@H]1CCCNC1. The molecule has 0 aromatic heterocycles. The van der Waals surface area contributed by atoms with E-state index in [-0.39, 0.29) is 11.8 Å². The second-order valence-corrected chi connectivity index (χ2v) is 4.11. The number of nitrogens with zero attached hydrogens (tertiary/aromatic N) is 1. The van der Waals surface area contributed by atoms with Crippen LogP contribution in [-0.4, -0.2) is 48.7 Å². The van der Waals surface area contributed by atoms with Crippen LogP contribution in [0.3, 0.4) is 0 Å². The normalized spacial score (nSPS) is 24.4. The second-order valence-electron chi connectivity index (χ2n) is 4.11. The first-order valence-electron chi connectivity index (χ1n) is 5.25. The molecular weight excluding hydrogens is 180 g/mol. The third kappa shape index (κ3) is 3.27. The number of carbonyl (C=O) groups excluding carboxylic acids is 1. The van der Waals surface area contributed by atoms with Gasteiger partial charge in [-0.3, -0.25) is 4.79 Å². The highest BCUT2D eigenvalue weighted by Crippen LogP contribution is 2.12. The molecule has 1 rings (SSSR count). The summed E-state index contributed by atoms with van der Waals surface area (Å²) in [6.45, 7) is 3.92. The predicted octanol–water partition coefficient (Wildman–Crippen LogP) is -0.175. The number of rotatable bonds is 3. The van der Waals surface area contributed by atoms with Gasteiger partial charge in [0.2, 0.25) is 5.91 Å². The zero-order valence-electron chi connectivity index (χ0n) is 8.99. The van der Waals surface area contributed by atoms with E-state index in [9.17, 15) is 4.79 Å². The van der Waals surface area contributed by atoms with Crippen LogP contribution < -0.4 is 5.32 Å². The molecular formula is C10H20N2O2. The highest BCUT2D eigenvalue weighted by molar-refractivity contribution is 5.78. The molecule has 0 aromatic rings. The molecule has 0 aliphatic carbocycles. The zero-order chi connectivity index (χ0) is 10.6. The van der Waals surface area contributed by atoms with Gasteiger partial charge in [0.1, 0.15) is 0 Å². The summed E-state index contributed by atoms with van der Waals surface area (Å²) in [5.41, 5.74) is 0. The summed E-state index contributed by atoms with van der Waals surface area (Å²) in [6.07, 6.45) is 1.59. The molecule has 0 bridgehead atoms. The highest BCUT2D eigenvalue weighted by atomic mass is 16.3. The summed E-state index contributed by atoms with van der Waals surface area (Å²) in [5.74, 6) is 0.255. The molecule has 1 unspecified atom stereocenters. The molecule has 82 valence electrons. The fourth-order valence-electron chi connectivity index (χ4n) is 1.86. The van der Waals surface area contributed by atoms with Crippen molar-refractivity contribution in [3.8, 4) is 0 Å². The monoisotopic (exact) mass is 200 g/mol. The van der Waals surface area contributed by atoms with E-state index in [0.717, 1.165) is 25.9 Å². The van der Waals surface area contributed by atoms with Crippen molar-refractivity contribution in [3.05, 3.63) is 0 Å². The second kappa shape index (κ2) is 5.32. The molecule has 14 heavy (non-hydrogen) atoms. The van der Waals surface area contributed by atoms with Crippen molar-refractivity contribution in [1.82, 2.24) is 10.2 Å². The van der Waals surface area contributed by atoms with Crippen LogP contribution in [0.25, 0.3) is 0 Å². The molecule has 1 fully saturated rings. The molecule has 1 amide bonds. The molecule has 4 heteroatoms. The minimum atomic E-state index is -0.444. The molecule has 2 N–H and O–H groups in total. The summed E-state index contributed by atoms with van der Waals surface area (Å²) in [6, 6.07) is 0. The largest absolute Gasteiger partial charge is 0.392 e. The Kier molecular flexibility index (Phi) is 4.35. The quantitative estimate of drug-likeness (QED) is 0.665. The number of hydrogen-bond donors (Lipinski definition) is 2. The maximum atomic E-state index is 11.8. The molecule has 2 atom stereocenters. The minimum absolute atomic E-state index is 0.104. The van der Waals surface area contributed by atoms with Crippen molar-refractivity contribution in [2.75, 3.05) is 26.7 Å². The lowest BCUT2D eigenvalue weighted by molar-refractivity contribution is -0.135. The molecule has 4 nitrogen and oxygen atoms in total. The number of aliphatic hydroxyl groups excluding tert-OH is 1. The van der Waals surface area contributed by atoms with Crippen LogP contribution in [0.1, 0.15) is 19.8 Å². The zero-order valence-corrected chi connectivity index (χ0v) is 8.99. The Morgan fingerprint density at radius 1 is 1.71 bits per heavy atom. The Balaban J connectivity index is 2.38. The van der Waals surface area contributed by atoms with Crippen LogP contribution in [0.5, 0.6) is 0 Å². The molecule has 1 aliphatic rings. The number of amides is 1. The topological polar surface area (TPSA) is 52.6 Å². The van der Waals surface area contributed by atoms with Gasteiger partial charge in [0.15, 0.2) is 0 Å². The molecule has 0 radical (unpaired) electrons. The van der Waals surface area contributed by atoms with Gasteiger partial charge in [0.05, 0.1) is 12.0 Å². The Bertz CT molecular complexity index is 189. The number of nitrogens with one attached hydrogen (secondary N) is 1. The third-order valence-corrected chi connectivity index (χ3v) is 2.56. The molecule has 0 spiro atoms. The molecule has 0 aromatic carbocycles. The maximum absolute atomic E-state index is 11.8. The molecule has 1 saturated heterocycles. The number of piperidine rings is 1. The molecule has 0 saturated carbocycles. The van der Waals surface area contributed by atoms with E-state index in [2.05, 4.69) is 5.32 Å². The van der Waals surface area contributed by atoms with Crippen molar-refractivity contribution in [2.45, 2.75) is 25.9 Å². The van der Waals surface area contributed by atoms with E-state index in [4.69, 9.17) is 5.11 Å². The average molecular weight is 200 g/mol. The van der Waals surface area contributed by atoms with Gasteiger partial charge in [-0.15, -0.1) is 0 Å². The number of hydrogen-bond acceptors (Lipinski definition) is 3. The lowest BCUT2D eigenvalue weighted by Gasteiger charge is -2.27. The van der Waals surface area contributed by atoms with E-state index in [1.54, 1.807) is 18.9 Å². The van der Waals surface area contributed by atoms with Crippen LogP contribution >= 0.6 is 0 Å². The summed E-state index contributed by atoms with van der Waals surface area (Å²) in [5, 5.41) is 12.4. The van der Waals surface area contributed by atoms with Crippen LogP contribution in [0.4, 0.5) is 0 Å². The summed E-state index contributed by atoms with van der Waals surface area (Å²) < 4.78 is 0. The predicted molar refractivity (Wildman–Crippen MR) is 54.9 cm³/mol. The number of aliphatic hydroxyl groups is 1. The van der Waals surface area contributed by atoms with Gasteiger partial charge >= 0.3 is 0 Å². The molecule has 1 aliphatic heterocycles. The van der Waals surface area contributed by atoms with E-state index in [1.807, 2.05) is 0 Å². The third-order valence-electron chi connectivity index (χ3n) is 2.56. The highest BCUT2D eigenvalue weighted by Gasteiger charge is 2.24. The average Bonchev–Trinajstić information content (AvgIpc) is 2.17. The van der Waals surface area contributed by atoms with E-state index in [0.29, 0.717) is 6.54 Å². The van der Waals surface area contributed by atoms with Crippen molar-refractivity contribution >= 4 is 5.91 Å². The lowest BCUT2D eigenvalue weighted by Crippen LogP contribution is -2.43. The van der Waals surface area contributed by atoms with Crippen LogP contribution in [0, 0.1) is 5.92 Å². The van der Waals surface area contributed by atoms with Gasteiger partial charge in [0, 0.05) is 20.1 Å². The van der Waals surface area contributed by atoms with Crippen molar-refractivity contribution in [1.29, 1.82) is 0 Å². The van der Waals surface area contributed by atoms with E-state index < -0.39 is 6.10 Å². The Morgan fingerprint density at radius 2 is 2.43 bits per heavy atom. The summed E-state index contributed by atoms with van der Waals surface area (Å²) in [4.78, 5) is 13.4. The van der Waals surface area contributed by atoms with Gasteiger partial charge in [-0.2, -0.15) is 0 Å². The van der Waals surface area contributed by atoms with Crippen LogP contribution in [-0.2, 0) is 4.79 Å². The number of carbonyl (C=O) groups is 1. The lowest BCUT2D eigenvalue weighted by atomic mass is 9.98. The van der Waals surface area contributed by atoms with Gasteiger partial charge in [-0.05, 0) is 26.3 Å². The van der Waals surface area contributed by atoms with Crippen LogP contribution in [0.15, 0.2) is 0 Å². The maximum Gasteiger partial charge on any atom is 0.226 e. The number of likely N-dealkylation sites (N-methyl/N-ethyl adjacent to an activating group) is 1. The smallest absolute Gasteiger partial charge is 0.226 e. The van der Waals surface area contributed by atoms with Crippen molar-refractivity contribution in [3.63, 3.8) is 0 Å². The first kappa shape index (κ1) is 11.5. The Morgan fingerprint density at radius 3 is 2.93 bits per heavy atom. The Hall–Kier alpha value is -0.610. The standard InChI is InChI=1S/C10H20N2O2/c1-8(13)7-12(2)10(14)9-4-3-5-11-6-9/h8-9,11,13H,3-7H2,1-2H3/t8?,9-/m1/s1. The summed E-state index contributed by atoms with van der Waals surface area (Å²) in [7, 11) is 1.75. The van der Waals surface area contributed by atoms with Crippen molar-refractivity contribution < 1.29 is 9.90 Å². The Labute approximate surface area is 85.3 Å². The van der Waals surface area contributed by atoms with Gasteiger partial charge in [0.25, 0.3) is 0 Å². The van der Waals surface area contributed by atoms with Gasteiger partial charge in [-0.1, -0.05) is 0 Å². The minimum Gasteiger partial charge on any atom is -0.392 e. The van der Waals surface area contributed by atoms with Crippen molar-refractivity contribution in [2.24, 2.45) is 5.92 Å². The first-order valence-corrected chi connectivity index (χ1v) is 5.25. The molecule has 1 heterocycles. The fraction of sp³-hybridized carbons (Fsp3) is 0.900. The fourth-order valence-corrected chi connectivity index (χ4v) is 1.86. The van der Waals surface area contributed by atoms with Crippen LogP contribution in [0.2, 0.25) is 0 Å². The van der Waals surface area contributed by atoms with Gasteiger partial charge < -0.3 is 15.3 Å². The summed E-state index contributed by atoms with van der Waals surface area (Å²) >= 11 is 0. The van der Waals surface area contributed by atoms with E-state index >= 15 is 0 Å². The van der Waals surface area contributed by atoms with Gasteiger partial charge in [-0.25, -0.2) is 0 Å². The first-order chi connectivity index (χ1) is 6.61.